The summed E-state index contributed by atoms with van der Waals surface area (Å²) in [6.07, 6.45) is 0. The molecule has 3 nitrogen and oxygen atoms in total. The molecular weight excluding hydrogens is 248 g/mol. The Hall–Kier alpha value is -2.13. The second-order valence-corrected chi connectivity index (χ2v) is 4.93. The second kappa shape index (κ2) is 6.87. The van der Waals surface area contributed by atoms with Gasteiger partial charge in [0.2, 0.25) is 5.91 Å². The zero-order chi connectivity index (χ0) is 14.4. The lowest BCUT2D eigenvalue weighted by atomic mass is 10.2. The van der Waals surface area contributed by atoms with E-state index in [1.807, 2.05) is 67.4 Å². The number of para-hydroxylation sites is 1. The van der Waals surface area contributed by atoms with Crippen molar-refractivity contribution in [2.75, 3.05) is 12.4 Å². The van der Waals surface area contributed by atoms with E-state index in [1.165, 1.54) is 5.56 Å². The van der Waals surface area contributed by atoms with Crippen LogP contribution in [0, 0.1) is 0 Å². The topological polar surface area (TPSA) is 32.3 Å². The van der Waals surface area contributed by atoms with Crippen LogP contribution in [0.25, 0.3) is 0 Å². The monoisotopic (exact) mass is 268 g/mol. The van der Waals surface area contributed by atoms with E-state index in [4.69, 9.17) is 0 Å². The van der Waals surface area contributed by atoms with Gasteiger partial charge in [-0.15, -0.1) is 0 Å². The number of nitrogens with zero attached hydrogens (tertiary/aromatic N) is 1. The summed E-state index contributed by atoms with van der Waals surface area (Å²) in [5, 5.41) is 2.93. The van der Waals surface area contributed by atoms with Crippen molar-refractivity contribution >= 4 is 11.6 Å². The Morgan fingerprint density at radius 1 is 1.05 bits per heavy atom. The Labute approximate surface area is 120 Å². The van der Waals surface area contributed by atoms with Gasteiger partial charge in [-0.1, -0.05) is 48.5 Å². The number of carbonyl (C=O) groups is 1. The number of hydrogen-bond donors (Lipinski definition) is 1. The van der Waals surface area contributed by atoms with Gasteiger partial charge in [-0.25, -0.2) is 0 Å². The number of rotatable bonds is 5. The molecule has 0 bridgehead atoms. The number of carbonyl (C=O) groups excluding carboxylic acids is 1. The molecule has 0 aromatic heterocycles. The summed E-state index contributed by atoms with van der Waals surface area (Å²) in [5.41, 5.74) is 2.03. The van der Waals surface area contributed by atoms with Crippen LogP contribution in [0.15, 0.2) is 60.7 Å². The van der Waals surface area contributed by atoms with Crippen LogP contribution in [0.5, 0.6) is 0 Å². The van der Waals surface area contributed by atoms with Crippen LogP contribution >= 0.6 is 0 Å². The zero-order valence-corrected chi connectivity index (χ0v) is 11.9. The van der Waals surface area contributed by atoms with Crippen molar-refractivity contribution in [3.8, 4) is 0 Å². The van der Waals surface area contributed by atoms with Crippen LogP contribution < -0.4 is 5.32 Å². The lowest BCUT2D eigenvalue weighted by molar-refractivity contribution is -0.120. The van der Waals surface area contributed by atoms with Gasteiger partial charge in [-0.05, 0) is 31.7 Å². The molecule has 0 radical (unpaired) electrons. The molecule has 2 aromatic rings. The Kier molecular flexibility index (Phi) is 4.91. The number of benzene rings is 2. The first-order valence-electron chi connectivity index (χ1n) is 6.77. The van der Waals surface area contributed by atoms with Gasteiger partial charge in [-0.3, -0.25) is 9.69 Å². The molecule has 0 aliphatic rings. The first kappa shape index (κ1) is 14.3. The molecule has 2 rings (SSSR count). The molecule has 0 fully saturated rings. The molecule has 1 N–H and O–H groups in total. The molecule has 0 aliphatic carbocycles. The molecule has 2 aromatic carbocycles. The number of anilines is 1. The Balaban J connectivity index is 1.93. The molecule has 0 saturated heterocycles. The van der Waals surface area contributed by atoms with Gasteiger partial charge in [0.25, 0.3) is 0 Å². The summed E-state index contributed by atoms with van der Waals surface area (Å²) in [6, 6.07) is 19.5. The van der Waals surface area contributed by atoms with E-state index in [0.717, 1.165) is 12.2 Å². The number of nitrogens with one attached hydrogen (secondary N) is 1. The molecule has 0 saturated carbocycles. The number of amides is 1. The quantitative estimate of drug-likeness (QED) is 0.903. The van der Waals surface area contributed by atoms with Crippen molar-refractivity contribution < 1.29 is 4.79 Å². The van der Waals surface area contributed by atoms with Crippen molar-refractivity contribution in [2.24, 2.45) is 0 Å². The highest BCUT2D eigenvalue weighted by atomic mass is 16.2. The fourth-order valence-electron chi connectivity index (χ4n) is 1.98. The molecule has 0 spiro atoms. The first-order chi connectivity index (χ1) is 9.66. The third kappa shape index (κ3) is 3.93. The summed E-state index contributed by atoms with van der Waals surface area (Å²) in [6.45, 7) is 2.67. The van der Waals surface area contributed by atoms with Crippen LogP contribution in [0.3, 0.4) is 0 Å². The molecule has 1 atom stereocenters. The minimum absolute atomic E-state index is 0.00892. The van der Waals surface area contributed by atoms with Gasteiger partial charge in [0.05, 0.1) is 6.04 Å². The molecule has 1 amide bonds. The van der Waals surface area contributed by atoms with Crippen LogP contribution in [0.2, 0.25) is 0 Å². The lowest BCUT2D eigenvalue weighted by Crippen LogP contribution is -2.39. The molecule has 0 aliphatic heterocycles. The predicted molar refractivity (Wildman–Crippen MR) is 82.4 cm³/mol. The smallest absolute Gasteiger partial charge is 0.241 e. The van der Waals surface area contributed by atoms with Gasteiger partial charge in [-0.2, -0.15) is 0 Å². The Bertz CT molecular complexity index is 539. The summed E-state index contributed by atoms with van der Waals surface area (Å²) in [7, 11) is 1.96. The van der Waals surface area contributed by atoms with Gasteiger partial charge < -0.3 is 5.32 Å². The van der Waals surface area contributed by atoms with E-state index >= 15 is 0 Å². The van der Waals surface area contributed by atoms with Crippen molar-refractivity contribution in [2.45, 2.75) is 19.5 Å². The third-order valence-electron chi connectivity index (χ3n) is 3.36. The Morgan fingerprint density at radius 2 is 1.60 bits per heavy atom. The second-order valence-electron chi connectivity index (χ2n) is 4.93. The van der Waals surface area contributed by atoms with Crippen LogP contribution in [-0.2, 0) is 11.3 Å². The SMILES string of the molecule is C[C@@H](C(=O)Nc1ccccc1)N(C)Cc1ccccc1. The van der Waals surface area contributed by atoms with E-state index in [0.29, 0.717) is 0 Å². The van der Waals surface area contributed by atoms with Crippen LogP contribution in [0.1, 0.15) is 12.5 Å². The van der Waals surface area contributed by atoms with Crippen LogP contribution in [0.4, 0.5) is 5.69 Å². The number of likely N-dealkylation sites (N-methyl/N-ethyl adjacent to an activating group) is 1. The average Bonchev–Trinajstić information content (AvgIpc) is 2.48. The van der Waals surface area contributed by atoms with Gasteiger partial charge >= 0.3 is 0 Å². The zero-order valence-electron chi connectivity index (χ0n) is 11.9. The maximum Gasteiger partial charge on any atom is 0.241 e. The summed E-state index contributed by atoms with van der Waals surface area (Å²) in [5.74, 6) is 0.00892. The van der Waals surface area contributed by atoms with E-state index in [1.54, 1.807) is 0 Å². The highest BCUT2D eigenvalue weighted by Crippen LogP contribution is 2.10. The van der Waals surface area contributed by atoms with Gasteiger partial charge in [0, 0.05) is 12.2 Å². The molecule has 3 heteroatoms. The van der Waals surface area contributed by atoms with Crippen LogP contribution in [-0.4, -0.2) is 23.9 Å². The van der Waals surface area contributed by atoms with Crippen molar-refractivity contribution in [3.05, 3.63) is 66.2 Å². The van der Waals surface area contributed by atoms with Gasteiger partial charge in [0.1, 0.15) is 0 Å². The lowest BCUT2D eigenvalue weighted by Gasteiger charge is -2.24. The number of hydrogen-bond acceptors (Lipinski definition) is 2. The average molecular weight is 268 g/mol. The standard InChI is InChI=1S/C17H20N2O/c1-14(17(20)18-16-11-7-4-8-12-16)19(2)13-15-9-5-3-6-10-15/h3-12,14H,13H2,1-2H3,(H,18,20)/t14-/m0/s1. The maximum absolute atomic E-state index is 12.2. The minimum atomic E-state index is -0.185. The van der Waals surface area contributed by atoms with Gasteiger partial charge in [0.15, 0.2) is 0 Å². The van der Waals surface area contributed by atoms with E-state index in [-0.39, 0.29) is 11.9 Å². The predicted octanol–water partition coefficient (Wildman–Crippen LogP) is 3.15. The highest BCUT2D eigenvalue weighted by Gasteiger charge is 2.18. The van der Waals surface area contributed by atoms with E-state index < -0.39 is 0 Å². The maximum atomic E-state index is 12.2. The normalized spacial score (nSPS) is 12.2. The molecule has 0 unspecified atom stereocenters. The highest BCUT2D eigenvalue weighted by molar-refractivity contribution is 5.94. The summed E-state index contributed by atoms with van der Waals surface area (Å²) in [4.78, 5) is 14.2. The largest absolute Gasteiger partial charge is 0.325 e. The van der Waals surface area contributed by atoms with Crippen molar-refractivity contribution in [3.63, 3.8) is 0 Å². The van der Waals surface area contributed by atoms with E-state index in [9.17, 15) is 4.79 Å². The molecular formula is C17H20N2O. The van der Waals surface area contributed by atoms with E-state index in [2.05, 4.69) is 17.4 Å². The summed E-state index contributed by atoms with van der Waals surface area (Å²) >= 11 is 0. The molecule has 0 heterocycles. The fourth-order valence-corrected chi connectivity index (χ4v) is 1.98. The minimum Gasteiger partial charge on any atom is -0.325 e. The molecule has 104 valence electrons. The first-order valence-corrected chi connectivity index (χ1v) is 6.77. The Morgan fingerprint density at radius 3 is 2.20 bits per heavy atom. The van der Waals surface area contributed by atoms with Crippen molar-refractivity contribution in [1.29, 1.82) is 0 Å². The fraction of sp³-hybridized carbons (Fsp3) is 0.235. The third-order valence-corrected chi connectivity index (χ3v) is 3.36. The molecule has 20 heavy (non-hydrogen) atoms. The summed E-state index contributed by atoms with van der Waals surface area (Å²) < 4.78 is 0. The van der Waals surface area contributed by atoms with Crippen molar-refractivity contribution in [1.82, 2.24) is 4.90 Å².